The van der Waals surface area contributed by atoms with E-state index < -0.39 is 0 Å². The summed E-state index contributed by atoms with van der Waals surface area (Å²) in [5.41, 5.74) is 1.50. The van der Waals surface area contributed by atoms with Crippen molar-refractivity contribution >= 4 is 34.8 Å². The monoisotopic (exact) mass is 382 g/mol. The first-order valence-corrected chi connectivity index (χ1v) is 8.33. The number of anilines is 1. The van der Waals surface area contributed by atoms with E-state index in [4.69, 9.17) is 32.7 Å². The number of carbonyl (C=O) groups is 1. The van der Waals surface area contributed by atoms with E-state index in [0.717, 1.165) is 11.3 Å². The summed E-state index contributed by atoms with van der Waals surface area (Å²) in [4.78, 5) is 14.1. The fraction of sp³-hybridized carbons (Fsp3) is 0.278. The summed E-state index contributed by atoms with van der Waals surface area (Å²) >= 11 is 11.9. The number of nitrogens with one attached hydrogen (secondary N) is 1. The summed E-state index contributed by atoms with van der Waals surface area (Å²) in [5, 5.41) is 3.70. The zero-order chi connectivity index (χ0) is 18.4. The van der Waals surface area contributed by atoms with E-state index in [9.17, 15) is 4.79 Å². The fourth-order valence-corrected chi connectivity index (χ4v) is 2.81. The molecule has 134 valence electrons. The number of carbonyl (C=O) groups excluding carboxylic acids is 1. The van der Waals surface area contributed by atoms with Gasteiger partial charge in [-0.1, -0.05) is 29.3 Å². The third-order valence-corrected chi connectivity index (χ3v) is 4.10. The maximum Gasteiger partial charge on any atom is 0.238 e. The maximum atomic E-state index is 12.2. The highest BCUT2D eigenvalue weighted by molar-refractivity contribution is 6.36. The van der Waals surface area contributed by atoms with E-state index in [1.165, 1.54) is 0 Å². The molecule has 0 aromatic heterocycles. The number of ether oxygens (including phenoxy) is 2. The van der Waals surface area contributed by atoms with E-state index in [2.05, 4.69) is 5.32 Å². The molecule has 0 unspecified atom stereocenters. The molecule has 0 heterocycles. The molecule has 0 aliphatic rings. The van der Waals surface area contributed by atoms with Crippen molar-refractivity contribution in [2.45, 2.75) is 6.54 Å². The topological polar surface area (TPSA) is 50.8 Å². The number of amides is 1. The van der Waals surface area contributed by atoms with E-state index in [-0.39, 0.29) is 12.5 Å². The second kappa shape index (κ2) is 8.94. The molecular formula is C18H20Cl2N2O3. The molecule has 0 bridgehead atoms. The van der Waals surface area contributed by atoms with Gasteiger partial charge in [-0.3, -0.25) is 9.69 Å². The number of halogens is 2. The van der Waals surface area contributed by atoms with Crippen LogP contribution < -0.4 is 14.8 Å². The standard InChI is InChI=1S/C18H20Cl2N2O3/c1-22(10-12-4-6-14(24-2)9-17(12)25-3)11-18(23)21-16-7-5-13(19)8-15(16)20/h4-9H,10-11H2,1-3H3,(H,21,23). The summed E-state index contributed by atoms with van der Waals surface area (Å²) in [6.07, 6.45) is 0. The van der Waals surface area contributed by atoms with Gasteiger partial charge in [-0.15, -0.1) is 0 Å². The molecule has 0 aliphatic carbocycles. The van der Waals surface area contributed by atoms with Gasteiger partial charge < -0.3 is 14.8 Å². The molecule has 0 saturated heterocycles. The van der Waals surface area contributed by atoms with Gasteiger partial charge >= 0.3 is 0 Å². The van der Waals surface area contributed by atoms with Gasteiger partial charge in [0.2, 0.25) is 5.91 Å². The summed E-state index contributed by atoms with van der Waals surface area (Å²) in [7, 11) is 5.06. The van der Waals surface area contributed by atoms with Gasteiger partial charge in [0.1, 0.15) is 11.5 Å². The average molecular weight is 383 g/mol. The Morgan fingerprint density at radius 1 is 1.12 bits per heavy atom. The van der Waals surface area contributed by atoms with Gasteiger partial charge in [0, 0.05) is 23.2 Å². The first-order chi connectivity index (χ1) is 11.9. The van der Waals surface area contributed by atoms with Crippen LogP contribution in [0.15, 0.2) is 36.4 Å². The minimum atomic E-state index is -0.167. The molecule has 0 saturated carbocycles. The molecule has 0 fully saturated rings. The smallest absolute Gasteiger partial charge is 0.238 e. The number of hydrogen-bond donors (Lipinski definition) is 1. The van der Waals surface area contributed by atoms with E-state index in [1.54, 1.807) is 32.4 Å². The lowest BCUT2D eigenvalue weighted by molar-refractivity contribution is -0.117. The van der Waals surface area contributed by atoms with Crippen molar-refractivity contribution in [2.75, 3.05) is 33.1 Å². The molecule has 2 aromatic carbocycles. The van der Waals surface area contributed by atoms with Crippen molar-refractivity contribution < 1.29 is 14.3 Å². The normalized spacial score (nSPS) is 10.6. The average Bonchev–Trinajstić information content (AvgIpc) is 2.57. The van der Waals surface area contributed by atoms with Crippen molar-refractivity contribution in [3.63, 3.8) is 0 Å². The first kappa shape index (κ1) is 19.4. The molecule has 0 atom stereocenters. The van der Waals surface area contributed by atoms with Crippen LogP contribution in [-0.2, 0) is 11.3 Å². The Hall–Kier alpha value is -1.95. The lowest BCUT2D eigenvalue weighted by Gasteiger charge is -2.18. The first-order valence-electron chi connectivity index (χ1n) is 7.57. The number of hydrogen-bond acceptors (Lipinski definition) is 4. The Morgan fingerprint density at radius 2 is 1.88 bits per heavy atom. The summed E-state index contributed by atoms with van der Waals surface area (Å²) in [6, 6.07) is 10.5. The predicted molar refractivity (Wildman–Crippen MR) is 101 cm³/mol. The number of benzene rings is 2. The van der Waals surface area contributed by atoms with E-state index in [0.29, 0.717) is 28.0 Å². The Kier molecular flexibility index (Phi) is 6.93. The lowest BCUT2D eigenvalue weighted by Crippen LogP contribution is -2.30. The molecule has 0 spiro atoms. The molecule has 0 aliphatic heterocycles. The highest BCUT2D eigenvalue weighted by Gasteiger charge is 2.12. The van der Waals surface area contributed by atoms with Crippen LogP contribution >= 0.6 is 23.2 Å². The number of rotatable bonds is 7. The second-order valence-corrected chi connectivity index (χ2v) is 6.37. The molecule has 25 heavy (non-hydrogen) atoms. The van der Waals surface area contributed by atoms with Crippen LogP contribution in [0.3, 0.4) is 0 Å². The Bertz CT molecular complexity index is 753. The largest absolute Gasteiger partial charge is 0.497 e. The van der Waals surface area contributed by atoms with Gasteiger partial charge in [0.25, 0.3) is 0 Å². The SMILES string of the molecule is COc1ccc(CN(C)CC(=O)Nc2ccc(Cl)cc2Cl)c(OC)c1. The van der Waals surface area contributed by atoms with Crippen LogP contribution in [0.25, 0.3) is 0 Å². The summed E-state index contributed by atoms with van der Waals surface area (Å²) in [6.45, 7) is 0.753. The highest BCUT2D eigenvalue weighted by Crippen LogP contribution is 2.26. The zero-order valence-electron chi connectivity index (χ0n) is 14.3. The van der Waals surface area contributed by atoms with Crippen molar-refractivity contribution in [2.24, 2.45) is 0 Å². The maximum absolute atomic E-state index is 12.2. The van der Waals surface area contributed by atoms with Crippen molar-refractivity contribution in [1.82, 2.24) is 4.90 Å². The third-order valence-electron chi connectivity index (χ3n) is 3.55. The second-order valence-electron chi connectivity index (χ2n) is 5.52. The molecule has 1 N–H and O–H groups in total. The van der Waals surface area contributed by atoms with Crippen LogP contribution in [0.5, 0.6) is 11.5 Å². The van der Waals surface area contributed by atoms with Crippen molar-refractivity contribution in [1.29, 1.82) is 0 Å². The van der Waals surface area contributed by atoms with Gasteiger partial charge in [0.15, 0.2) is 0 Å². The van der Waals surface area contributed by atoms with E-state index in [1.807, 2.05) is 30.1 Å². The number of nitrogens with zero attached hydrogens (tertiary/aromatic N) is 1. The molecular weight excluding hydrogens is 363 g/mol. The molecule has 2 rings (SSSR count). The quantitative estimate of drug-likeness (QED) is 0.783. The van der Waals surface area contributed by atoms with Crippen LogP contribution in [0, 0.1) is 0 Å². The van der Waals surface area contributed by atoms with Crippen molar-refractivity contribution in [3.8, 4) is 11.5 Å². The minimum absolute atomic E-state index is 0.167. The van der Waals surface area contributed by atoms with Gasteiger partial charge in [-0.25, -0.2) is 0 Å². The molecule has 7 heteroatoms. The van der Waals surface area contributed by atoms with Gasteiger partial charge in [0.05, 0.1) is 31.5 Å². The predicted octanol–water partition coefficient (Wildman–Crippen LogP) is 4.08. The zero-order valence-corrected chi connectivity index (χ0v) is 15.8. The Balaban J connectivity index is 1.97. The van der Waals surface area contributed by atoms with Gasteiger partial charge in [-0.05, 0) is 31.3 Å². The Labute approximate surface area is 157 Å². The number of methoxy groups -OCH3 is 2. The van der Waals surface area contributed by atoms with Crippen LogP contribution in [-0.4, -0.2) is 38.6 Å². The van der Waals surface area contributed by atoms with Crippen LogP contribution in [0.2, 0.25) is 10.0 Å². The van der Waals surface area contributed by atoms with Crippen LogP contribution in [0.4, 0.5) is 5.69 Å². The molecule has 2 aromatic rings. The Morgan fingerprint density at radius 3 is 2.52 bits per heavy atom. The van der Waals surface area contributed by atoms with Crippen LogP contribution in [0.1, 0.15) is 5.56 Å². The van der Waals surface area contributed by atoms with Gasteiger partial charge in [-0.2, -0.15) is 0 Å². The highest BCUT2D eigenvalue weighted by atomic mass is 35.5. The molecule has 5 nitrogen and oxygen atoms in total. The number of likely N-dealkylation sites (N-methyl/N-ethyl adjacent to an activating group) is 1. The fourth-order valence-electron chi connectivity index (χ4n) is 2.35. The summed E-state index contributed by atoms with van der Waals surface area (Å²) in [5.74, 6) is 1.27. The lowest BCUT2D eigenvalue weighted by atomic mass is 10.2. The minimum Gasteiger partial charge on any atom is -0.497 e. The summed E-state index contributed by atoms with van der Waals surface area (Å²) < 4.78 is 10.6. The van der Waals surface area contributed by atoms with E-state index >= 15 is 0 Å². The third kappa shape index (κ3) is 5.53. The molecule has 0 radical (unpaired) electrons. The molecule has 1 amide bonds. The van der Waals surface area contributed by atoms with Crippen molar-refractivity contribution in [3.05, 3.63) is 52.0 Å².